The summed E-state index contributed by atoms with van der Waals surface area (Å²) in [5, 5.41) is 0. The number of carbonyl (C=O) groups excluding carboxylic acids is 1. The number of nitrogens with zero attached hydrogens (tertiary/aromatic N) is 2. The van der Waals surface area contributed by atoms with Crippen LogP contribution in [-0.4, -0.2) is 29.0 Å². The van der Waals surface area contributed by atoms with Crippen LogP contribution in [0.3, 0.4) is 0 Å². The van der Waals surface area contributed by atoms with Gasteiger partial charge in [-0.2, -0.15) is 0 Å². The van der Waals surface area contributed by atoms with Crippen LogP contribution in [0.2, 0.25) is 0 Å². The van der Waals surface area contributed by atoms with Crippen molar-refractivity contribution in [2.45, 2.75) is 6.54 Å². The molecule has 4 nitrogen and oxygen atoms in total. The highest BCUT2D eigenvalue weighted by atomic mass is 16.2. The minimum Gasteiger partial charge on any atom is -0.347 e. The van der Waals surface area contributed by atoms with Crippen molar-refractivity contribution >= 4 is 5.91 Å². The van der Waals surface area contributed by atoms with Crippen molar-refractivity contribution in [2.75, 3.05) is 13.6 Å². The number of rotatable bonds is 3. The number of aromatic nitrogens is 1. The molecule has 0 aliphatic rings. The Balaban J connectivity index is 2.11. The summed E-state index contributed by atoms with van der Waals surface area (Å²) >= 11 is 0. The Morgan fingerprint density at radius 3 is 2.81 bits per heavy atom. The van der Waals surface area contributed by atoms with E-state index >= 15 is 0 Å². The first-order valence-corrected chi connectivity index (χ1v) is 6.76. The lowest BCUT2D eigenvalue weighted by atomic mass is 10.1. The molecule has 21 heavy (non-hydrogen) atoms. The van der Waals surface area contributed by atoms with Crippen LogP contribution in [0.4, 0.5) is 0 Å². The molecule has 0 bridgehead atoms. The van der Waals surface area contributed by atoms with Crippen molar-refractivity contribution in [1.82, 2.24) is 9.47 Å². The van der Waals surface area contributed by atoms with Crippen LogP contribution in [0.25, 0.3) is 0 Å². The maximum atomic E-state index is 12.3. The van der Waals surface area contributed by atoms with Gasteiger partial charge < -0.3 is 15.2 Å². The van der Waals surface area contributed by atoms with Crippen LogP contribution >= 0.6 is 0 Å². The molecule has 1 amide bonds. The predicted octanol–water partition coefficient (Wildman–Crippen LogP) is 1.61. The first-order valence-electron chi connectivity index (χ1n) is 6.76. The number of nitrogens with two attached hydrogens (primary N) is 1. The first-order chi connectivity index (χ1) is 10.1. The van der Waals surface area contributed by atoms with Crippen molar-refractivity contribution in [1.29, 1.82) is 0 Å². The maximum Gasteiger partial charge on any atom is 0.270 e. The lowest BCUT2D eigenvalue weighted by molar-refractivity contribution is 0.0775. The zero-order valence-corrected chi connectivity index (χ0v) is 12.3. The van der Waals surface area contributed by atoms with Crippen LogP contribution < -0.4 is 5.73 Å². The van der Waals surface area contributed by atoms with Crippen LogP contribution in [0.15, 0.2) is 42.6 Å². The van der Waals surface area contributed by atoms with E-state index in [9.17, 15) is 4.79 Å². The van der Waals surface area contributed by atoms with Gasteiger partial charge in [-0.15, -0.1) is 0 Å². The highest BCUT2D eigenvalue weighted by molar-refractivity contribution is 5.92. The Morgan fingerprint density at radius 1 is 1.33 bits per heavy atom. The van der Waals surface area contributed by atoms with Crippen molar-refractivity contribution in [2.24, 2.45) is 12.8 Å². The normalized spacial score (nSPS) is 9.86. The molecular weight excluding hydrogens is 262 g/mol. The van der Waals surface area contributed by atoms with Gasteiger partial charge in [-0.1, -0.05) is 24.0 Å². The average molecular weight is 281 g/mol. The second-order valence-corrected chi connectivity index (χ2v) is 4.87. The average Bonchev–Trinajstić information content (AvgIpc) is 2.90. The van der Waals surface area contributed by atoms with Crippen LogP contribution in [0.5, 0.6) is 0 Å². The van der Waals surface area contributed by atoms with Gasteiger partial charge in [0.05, 0.1) is 6.54 Å². The monoisotopic (exact) mass is 281 g/mol. The van der Waals surface area contributed by atoms with E-state index < -0.39 is 0 Å². The smallest absolute Gasteiger partial charge is 0.270 e. The first kappa shape index (κ1) is 14.9. The highest BCUT2D eigenvalue weighted by Gasteiger charge is 2.14. The third-order valence-electron chi connectivity index (χ3n) is 3.19. The van der Waals surface area contributed by atoms with E-state index in [0.717, 1.165) is 11.1 Å². The Bertz CT molecular complexity index is 691. The molecule has 0 spiro atoms. The quantitative estimate of drug-likeness (QED) is 0.869. The van der Waals surface area contributed by atoms with Crippen LogP contribution in [-0.2, 0) is 13.6 Å². The Hall–Kier alpha value is -2.51. The Labute approximate surface area is 125 Å². The standard InChI is InChI=1S/C17H19N3O/c1-19-11-5-9-16(19)17(21)20(2)13-15-7-3-6-14(12-15)8-4-10-18/h3,5-7,9,11-12H,10,13,18H2,1-2H3. The molecule has 1 aromatic heterocycles. The number of amides is 1. The fraction of sp³-hybridized carbons (Fsp3) is 0.235. The molecule has 2 aromatic rings. The minimum atomic E-state index is 0.000875. The lowest BCUT2D eigenvalue weighted by Gasteiger charge is -2.17. The molecule has 4 heteroatoms. The van der Waals surface area contributed by atoms with Crippen LogP contribution in [0.1, 0.15) is 21.6 Å². The third-order valence-corrected chi connectivity index (χ3v) is 3.19. The molecule has 108 valence electrons. The van der Waals surface area contributed by atoms with Gasteiger partial charge >= 0.3 is 0 Å². The molecule has 0 fully saturated rings. The SMILES string of the molecule is CN(Cc1cccc(C#CCN)c1)C(=O)c1cccn1C. The molecule has 0 aliphatic carbocycles. The van der Waals surface area contributed by atoms with E-state index in [1.54, 1.807) is 11.9 Å². The molecule has 0 saturated carbocycles. The van der Waals surface area contributed by atoms with Gasteiger partial charge in [0.1, 0.15) is 5.69 Å². The summed E-state index contributed by atoms with van der Waals surface area (Å²) in [4.78, 5) is 14.0. The largest absolute Gasteiger partial charge is 0.347 e. The summed E-state index contributed by atoms with van der Waals surface area (Å²) < 4.78 is 1.82. The lowest BCUT2D eigenvalue weighted by Crippen LogP contribution is -2.27. The zero-order valence-electron chi connectivity index (χ0n) is 12.3. The molecule has 0 radical (unpaired) electrons. The number of hydrogen-bond donors (Lipinski definition) is 1. The summed E-state index contributed by atoms with van der Waals surface area (Å²) in [5.41, 5.74) is 8.01. The van der Waals surface area contributed by atoms with Gasteiger partial charge in [0, 0.05) is 32.4 Å². The molecule has 0 atom stereocenters. The minimum absolute atomic E-state index is 0.000875. The molecule has 2 rings (SSSR count). The van der Waals surface area contributed by atoms with Crippen molar-refractivity contribution in [3.63, 3.8) is 0 Å². The number of carbonyl (C=O) groups is 1. The molecule has 0 saturated heterocycles. The van der Waals surface area contributed by atoms with Gasteiger partial charge in [-0.05, 0) is 29.8 Å². The molecular formula is C17H19N3O. The second kappa shape index (κ2) is 6.78. The summed E-state index contributed by atoms with van der Waals surface area (Å²) in [7, 11) is 3.66. The van der Waals surface area contributed by atoms with Gasteiger partial charge in [0.25, 0.3) is 5.91 Å². The number of benzene rings is 1. The van der Waals surface area contributed by atoms with Gasteiger partial charge in [-0.3, -0.25) is 4.79 Å². The van der Waals surface area contributed by atoms with E-state index in [2.05, 4.69) is 11.8 Å². The fourth-order valence-corrected chi connectivity index (χ4v) is 2.13. The Kier molecular flexibility index (Phi) is 4.81. The van der Waals surface area contributed by atoms with Gasteiger partial charge in [0.2, 0.25) is 0 Å². The highest BCUT2D eigenvalue weighted by Crippen LogP contribution is 2.10. The summed E-state index contributed by atoms with van der Waals surface area (Å²) in [6, 6.07) is 11.5. The van der Waals surface area contributed by atoms with Crippen LogP contribution in [0, 0.1) is 11.8 Å². The van der Waals surface area contributed by atoms with Crippen molar-refractivity contribution in [3.8, 4) is 11.8 Å². The van der Waals surface area contributed by atoms with E-state index in [0.29, 0.717) is 18.8 Å². The second-order valence-electron chi connectivity index (χ2n) is 4.87. The number of aryl methyl sites for hydroxylation is 1. The van der Waals surface area contributed by atoms with Gasteiger partial charge in [0.15, 0.2) is 0 Å². The van der Waals surface area contributed by atoms with Crippen molar-refractivity contribution < 1.29 is 4.79 Å². The third kappa shape index (κ3) is 3.74. The fourth-order valence-electron chi connectivity index (χ4n) is 2.13. The molecule has 0 aliphatic heterocycles. The summed E-state index contributed by atoms with van der Waals surface area (Å²) in [6.45, 7) is 0.887. The van der Waals surface area contributed by atoms with E-state index in [1.807, 2.05) is 54.2 Å². The van der Waals surface area contributed by atoms with E-state index in [4.69, 9.17) is 5.73 Å². The zero-order chi connectivity index (χ0) is 15.2. The van der Waals surface area contributed by atoms with E-state index in [-0.39, 0.29) is 5.91 Å². The number of hydrogen-bond acceptors (Lipinski definition) is 2. The summed E-state index contributed by atoms with van der Waals surface area (Å²) in [5.74, 6) is 5.83. The van der Waals surface area contributed by atoms with E-state index in [1.165, 1.54) is 0 Å². The maximum absolute atomic E-state index is 12.3. The molecule has 2 N–H and O–H groups in total. The van der Waals surface area contributed by atoms with Crippen molar-refractivity contribution in [3.05, 3.63) is 59.4 Å². The van der Waals surface area contributed by atoms with Gasteiger partial charge in [-0.25, -0.2) is 0 Å². The topological polar surface area (TPSA) is 51.3 Å². The Morgan fingerprint density at radius 2 is 2.14 bits per heavy atom. The molecule has 0 unspecified atom stereocenters. The predicted molar refractivity (Wildman–Crippen MR) is 83.6 cm³/mol. The molecule has 1 aromatic carbocycles. The summed E-state index contributed by atoms with van der Waals surface area (Å²) in [6.07, 6.45) is 1.87. The molecule has 1 heterocycles.